The molecule has 5 heteroatoms. The summed E-state index contributed by atoms with van der Waals surface area (Å²) < 4.78 is 12.9. The number of rotatable bonds is 2. The van der Waals surface area contributed by atoms with Crippen LogP contribution in [0.5, 0.6) is 0 Å². The van der Waals surface area contributed by atoms with Gasteiger partial charge < -0.3 is 10.6 Å². The van der Waals surface area contributed by atoms with E-state index in [1.807, 2.05) is 11.8 Å². The smallest absolute Gasteiger partial charge is 0.185 e. The molecule has 0 aromatic carbocycles. The van der Waals surface area contributed by atoms with E-state index in [-0.39, 0.29) is 6.04 Å². The summed E-state index contributed by atoms with van der Waals surface area (Å²) in [6.07, 6.45) is 1.71. The predicted octanol–water partition coefficient (Wildman–Crippen LogP) is 1.71. The van der Waals surface area contributed by atoms with Crippen LogP contribution in [0.25, 0.3) is 0 Å². The topological polar surface area (TPSA) is 42.1 Å². The van der Waals surface area contributed by atoms with Gasteiger partial charge in [0.15, 0.2) is 5.13 Å². The Morgan fingerprint density at radius 1 is 1.79 bits per heavy atom. The molecule has 78 valence electrons. The van der Waals surface area contributed by atoms with Crippen LogP contribution in [-0.2, 0) is 0 Å². The van der Waals surface area contributed by atoms with Gasteiger partial charge in [-0.05, 0) is 13.3 Å². The number of alkyl halides is 1. The fraction of sp³-hybridized carbons (Fsp3) is 0.667. The highest BCUT2D eigenvalue weighted by Gasteiger charge is 2.24. The summed E-state index contributed by atoms with van der Waals surface area (Å²) in [5.74, 6) is 0. The van der Waals surface area contributed by atoms with Gasteiger partial charge in [-0.3, -0.25) is 0 Å². The molecule has 1 saturated heterocycles. The molecule has 1 aliphatic heterocycles. The standard InChI is InChI=1S/C9H14FN3S/c1-6(11)8-4-12-9(14-8)13-3-2-7(10)5-13/h4,6-7H,2-3,5,11H2,1H3. The van der Waals surface area contributed by atoms with Gasteiger partial charge >= 0.3 is 0 Å². The lowest BCUT2D eigenvalue weighted by atomic mass is 10.3. The minimum atomic E-state index is -0.697. The average Bonchev–Trinajstić information content (AvgIpc) is 2.70. The van der Waals surface area contributed by atoms with Crippen molar-refractivity contribution in [3.8, 4) is 0 Å². The van der Waals surface area contributed by atoms with Crippen LogP contribution in [0.2, 0.25) is 0 Å². The molecule has 1 aromatic heterocycles. The van der Waals surface area contributed by atoms with Crippen LogP contribution in [0, 0.1) is 0 Å². The van der Waals surface area contributed by atoms with E-state index in [1.165, 1.54) is 0 Å². The van der Waals surface area contributed by atoms with Crippen LogP contribution in [0.1, 0.15) is 24.3 Å². The summed E-state index contributed by atoms with van der Waals surface area (Å²) in [4.78, 5) is 7.30. The summed E-state index contributed by atoms with van der Waals surface area (Å²) in [5, 5.41) is 0.900. The van der Waals surface area contributed by atoms with Gasteiger partial charge in [0.2, 0.25) is 0 Å². The fourth-order valence-electron chi connectivity index (χ4n) is 1.53. The van der Waals surface area contributed by atoms with E-state index >= 15 is 0 Å². The Labute approximate surface area is 86.7 Å². The highest BCUT2D eigenvalue weighted by atomic mass is 32.1. The molecule has 2 atom stereocenters. The Kier molecular flexibility index (Phi) is 2.69. The maximum Gasteiger partial charge on any atom is 0.185 e. The van der Waals surface area contributed by atoms with E-state index in [0.717, 1.165) is 16.6 Å². The summed E-state index contributed by atoms with van der Waals surface area (Å²) in [7, 11) is 0. The Bertz CT molecular complexity index is 313. The SMILES string of the molecule is CC(N)c1cnc(N2CCC(F)C2)s1. The largest absolute Gasteiger partial charge is 0.345 e. The van der Waals surface area contributed by atoms with Crippen molar-refractivity contribution in [1.29, 1.82) is 0 Å². The molecule has 14 heavy (non-hydrogen) atoms. The van der Waals surface area contributed by atoms with E-state index in [9.17, 15) is 4.39 Å². The Hall–Kier alpha value is -0.680. The first kappa shape index (κ1) is 9.86. The fourth-order valence-corrected chi connectivity index (χ4v) is 2.43. The number of aromatic nitrogens is 1. The zero-order valence-electron chi connectivity index (χ0n) is 8.11. The van der Waals surface area contributed by atoms with Crippen LogP contribution in [0.15, 0.2) is 6.20 Å². The highest BCUT2D eigenvalue weighted by molar-refractivity contribution is 7.15. The van der Waals surface area contributed by atoms with Crippen LogP contribution in [0.3, 0.4) is 0 Å². The van der Waals surface area contributed by atoms with E-state index < -0.39 is 6.17 Å². The minimum Gasteiger partial charge on any atom is -0.345 e. The first-order chi connectivity index (χ1) is 6.66. The molecular formula is C9H14FN3S. The van der Waals surface area contributed by atoms with E-state index in [0.29, 0.717) is 13.0 Å². The lowest BCUT2D eigenvalue weighted by molar-refractivity contribution is 0.364. The molecule has 1 aromatic rings. The Morgan fingerprint density at radius 3 is 3.07 bits per heavy atom. The van der Waals surface area contributed by atoms with Gasteiger partial charge in [0, 0.05) is 23.7 Å². The van der Waals surface area contributed by atoms with Crippen molar-refractivity contribution < 1.29 is 4.39 Å². The van der Waals surface area contributed by atoms with Crippen molar-refractivity contribution in [2.24, 2.45) is 5.73 Å². The van der Waals surface area contributed by atoms with Gasteiger partial charge in [-0.2, -0.15) is 0 Å². The Balaban J connectivity index is 2.09. The summed E-state index contributed by atoms with van der Waals surface area (Å²) in [6.45, 7) is 3.18. The lowest BCUT2D eigenvalue weighted by Crippen LogP contribution is -2.19. The first-order valence-electron chi connectivity index (χ1n) is 4.77. The monoisotopic (exact) mass is 215 g/mol. The number of nitrogens with two attached hydrogens (primary N) is 1. The molecule has 3 nitrogen and oxygen atoms in total. The van der Waals surface area contributed by atoms with Crippen molar-refractivity contribution >= 4 is 16.5 Å². The molecule has 0 bridgehead atoms. The lowest BCUT2D eigenvalue weighted by Gasteiger charge is -2.12. The third kappa shape index (κ3) is 1.88. The van der Waals surface area contributed by atoms with Gasteiger partial charge in [0.1, 0.15) is 6.17 Å². The van der Waals surface area contributed by atoms with Crippen LogP contribution in [0.4, 0.5) is 9.52 Å². The summed E-state index contributed by atoms with van der Waals surface area (Å²) in [5.41, 5.74) is 5.73. The van der Waals surface area contributed by atoms with Gasteiger partial charge in [-0.25, -0.2) is 9.37 Å². The van der Waals surface area contributed by atoms with E-state index in [1.54, 1.807) is 17.5 Å². The maximum atomic E-state index is 12.9. The first-order valence-corrected chi connectivity index (χ1v) is 5.59. The van der Waals surface area contributed by atoms with Crippen molar-refractivity contribution in [2.75, 3.05) is 18.0 Å². The maximum absolute atomic E-state index is 12.9. The Morgan fingerprint density at radius 2 is 2.57 bits per heavy atom. The number of hydrogen-bond donors (Lipinski definition) is 1. The second-order valence-electron chi connectivity index (χ2n) is 3.67. The zero-order valence-corrected chi connectivity index (χ0v) is 8.93. The number of anilines is 1. The number of thiazole rings is 1. The molecule has 0 aliphatic carbocycles. The third-order valence-electron chi connectivity index (χ3n) is 2.36. The molecule has 2 rings (SSSR count). The van der Waals surface area contributed by atoms with Crippen molar-refractivity contribution in [3.63, 3.8) is 0 Å². The molecule has 2 heterocycles. The molecular weight excluding hydrogens is 201 g/mol. The quantitative estimate of drug-likeness (QED) is 0.816. The molecule has 2 N–H and O–H groups in total. The molecule has 1 fully saturated rings. The van der Waals surface area contributed by atoms with Gasteiger partial charge in [0.05, 0.1) is 6.54 Å². The van der Waals surface area contributed by atoms with Gasteiger partial charge in [-0.1, -0.05) is 0 Å². The van der Waals surface area contributed by atoms with Crippen LogP contribution >= 0.6 is 11.3 Å². The third-order valence-corrected chi connectivity index (χ3v) is 3.62. The number of nitrogens with zero attached hydrogens (tertiary/aromatic N) is 2. The predicted molar refractivity (Wildman–Crippen MR) is 56.4 cm³/mol. The summed E-state index contributed by atoms with van der Waals surface area (Å²) in [6, 6.07) is 0.0185. The normalized spacial score (nSPS) is 24.2. The summed E-state index contributed by atoms with van der Waals surface area (Å²) >= 11 is 1.56. The highest BCUT2D eigenvalue weighted by Crippen LogP contribution is 2.28. The second kappa shape index (κ2) is 3.82. The van der Waals surface area contributed by atoms with Crippen LogP contribution < -0.4 is 10.6 Å². The zero-order chi connectivity index (χ0) is 10.1. The van der Waals surface area contributed by atoms with Crippen molar-refractivity contribution in [2.45, 2.75) is 25.6 Å². The number of halogens is 1. The molecule has 0 spiro atoms. The average molecular weight is 215 g/mol. The molecule has 0 radical (unpaired) electrons. The van der Waals surface area contributed by atoms with Crippen molar-refractivity contribution in [1.82, 2.24) is 4.98 Å². The van der Waals surface area contributed by atoms with Crippen LogP contribution in [-0.4, -0.2) is 24.2 Å². The van der Waals surface area contributed by atoms with Gasteiger partial charge in [-0.15, -0.1) is 11.3 Å². The molecule has 0 amide bonds. The molecule has 1 aliphatic rings. The van der Waals surface area contributed by atoms with E-state index in [2.05, 4.69) is 4.98 Å². The number of hydrogen-bond acceptors (Lipinski definition) is 4. The molecule has 2 unspecified atom stereocenters. The van der Waals surface area contributed by atoms with Gasteiger partial charge in [0.25, 0.3) is 0 Å². The second-order valence-corrected chi connectivity index (χ2v) is 4.71. The molecule has 0 saturated carbocycles. The van der Waals surface area contributed by atoms with E-state index in [4.69, 9.17) is 5.73 Å². The minimum absolute atomic E-state index is 0.0185. The van der Waals surface area contributed by atoms with Crippen molar-refractivity contribution in [3.05, 3.63) is 11.1 Å².